The summed E-state index contributed by atoms with van der Waals surface area (Å²) in [6, 6.07) is 11.8. The Kier molecular flexibility index (Phi) is 7.98. The molecular weight excluding hydrogens is 614 g/mol. The Balaban J connectivity index is 1.41. The maximum atomic E-state index is 14.7. The molecule has 2 aromatic carbocycles. The van der Waals surface area contributed by atoms with Crippen LogP contribution in [0.1, 0.15) is 78.3 Å². The number of benzene rings is 2. The first-order valence-corrected chi connectivity index (χ1v) is 18.3. The molecule has 3 heterocycles. The second-order valence-electron chi connectivity index (χ2n) is 14.4. The minimum atomic E-state index is -3.97. The molecule has 2 amide bonds. The summed E-state index contributed by atoms with van der Waals surface area (Å²) in [5.41, 5.74) is 5.22. The lowest BCUT2D eigenvalue weighted by Crippen LogP contribution is -2.39. The number of hydrogen-bond donors (Lipinski definition) is 1. The monoisotopic (exact) mass is 660 g/mol. The molecule has 47 heavy (non-hydrogen) atoms. The lowest BCUT2D eigenvalue weighted by atomic mass is 9.81. The van der Waals surface area contributed by atoms with E-state index in [9.17, 15) is 18.0 Å². The number of nitrogens with one attached hydrogen (secondary N) is 1. The van der Waals surface area contributed by atoms with Gasteiger partial charge in [0.05, 0.1) is 24.1 Å². The third-order valence-electron chi connectivity index (χ3n) is 10.9. The summed E-state index contributed by atoms with van der Waals surface area (Å²) in [6.45, 7) is 1.96. The van der Waals surface area contributed by atoms with Crippen LogP contribution in [-0.4, -0.2) is 93.2 Å². The van der Waals surface area contributed by atoms with Crippen LogP contribution in [0.3, 0.4) is 0 Å². The number of carbonyl (C=O) groups is 2. The summed E-state index contributed by atoms with van der Waals surface area (Å²) >= 11 is 0. The van der Waals surface area contributed by atoms with Gasteiger partial charge in [0.2, 0.25) is 5.91 Å². The van der Waals surface area contributed by atoms with Crippen LogP contribution in [0.2, 0.25) is 0 Å². The quantitative estimate of drug-likeness (QED) is 0.295. The van der Waals surface area contributed by atoms with Crippen LogP contribution in [0, 0.1) is 11.3 Å². The van der Waals surface area contributed by atoms with Crippen molar-refractivity contribution in [2.24, 2.45) is 11.3 Å². The average Bonchev–Trinajstić information content (AvgIpc) is 3.49. The molecule has 250 valence electrons. The standard InChI is InChI=1S/C36H45N5O5S/c1-38(2)20-23-15-16-40(21-23)35(43)36-19-30(36)29-18-26(46-5)12-14-27(29)33-32(24-9-7-6-8-10-24)28-13-11-25(17-31(28)41(33)22-36)34(42)37-47(44,45)39(3)4/h11-14,17-18,20,23-24,30H,6-10,15-16,19,21-22H2,1-5H3/p+1. The molecular formula is C36H46N5O5S+. The number of ether oxygens (including phenoxy) is 1. The van der Waals surface area contributed by atoms with Crippen molar-refractivity contribution in [3.8, 4) is 17.0 Å². The van der Waals surface area contributed by atoms with Gasteiger partial charge >= 0.3 is 10.2 Å². The van der Waals surface area contributed by atoms with Gasteiger partial charge in [-0.25, -0.2) is 9.30 Å². The number of likely N-dealkylation sites (tertiary alicyclic amines) is 1. The van der Waals surface area contributed by atoms with Gasteiger partial charge < -0.3 is 14.2 Å². The molecule has 1 aromatic heterocycles. The summed E-state index contributed by atoms with van der Waals surface area (Å²) in [4.78, 5) is 30.1. The minimum absolute atomic E-state index is 0.0582. The maximum absolute atomic E-state index is 14.7. The second-order valence-corrected chi connectivity index (χ2v) is 16.3. The van der Waals surface area contributed by atoms with Crippen molar-refractivity contribution in [3.05, 3.63) is 53.1 Å². The number of carbonyl (C=O) groups excluding carboxylic acids is 2. The normalized spacial score (nSPS) is 23.9. The van der Waals surface area contributed by atoms with Crippen LogP contribution in [0.25, 0.3) is 22.2 Å². The van der Waals surface area contributed by atoms with Gasteiger partial charge in [-0.1, -0.05) is 25.3 Å². The van der Waals surface area contributed by atoms with Crippen molar-refractivity contribution in [1.82, 2.24) is 18.5 Å². The molecule has 7 rings (SSSR count). The fourth-order valence-corrected chi connectivity index (χ4v) is 9.05. The molecule has 2 aliphatic carbocycles. The highest BCUT2D eigenvalue weighted by Gasteiger charge is 2.64. The van der Waals surface area contributed by atoms with Crippen molar-refractivity contribution >= 4 is 39.1 Å². The molecule has 2 saturated carbocycles. The predicted octanol–water partition coefficient (Wildman–Crippen LogP) is 4.58. The van der Waals surface area contributed by atoms with E-state index in [1.54, 1.807) is 13.2 Å². The number of nitrogens with zero attached hydrogens (tertiary/aromatic N) is 4. The van der Waals surface area contributed by atoms with Crippen molar-refractivity contribution in [2.45, 2.75) is 63.3 Å². The van der Waals surface area contributed by atoms with E-state index >= 15 is 0 Å². The lowest BCUT2D eigenvalue weighted by molar-refractivity contribution is -0.461. The van der Waals surface area contributed by atoms with Gasteiger partial charge in [0.1, 0.15) is 26.1 Å². The third kappa shape index (κ3) is 5.45. The van der Waals surface area contributed by atoms with E-state index in [-0.39, 0.29) is 17.4 Å². The zero-order valence-corrected chi connectivity index (χ0v) is 28.9. The molecule has 2 aliphatic heterocycles. The van der Waals surface area contributed by atoms with Gasteiger partial charge in [-0.3, -0.25) is 9.59 Å². The molecule has 3 fully saturated rings. The molecule has 1 N–H and O–H groups in total. The zero-order valence-electron chi connectivity index (χ0n) is 28.1. The van der Waals surface area contributed by atoms with Crippen molar-refractivity contribution in [2.75, 3.05) is 48.4 Å². The molecule has 3 unspecified atom stereocenters. The molecule has 0 spiro atoms. The topological polar surface area (TPSA) is 104 Å². The Labute approximate surface area is 277 Å². The van der Waals surface area contributed by atoms with Gasteiger partial charge in [-0.2, -0.15) is 12.7 Å². The van der Waals surface area contributed by atoms with E-state index in [1.165, 1.54) is 38.9 Å². The van der Waals surface area contributed by atoms with E-state index in [0.29, 0.717) is 24.9 Å². The molecule has 0 bridgehead atoms. The highest BCUT2D eigenvalue weighted by atomic mass is 32.2. The largest absolute Gasteiger partial charge is 0.497 e. The molecule has 10 nitrogen and oxygen atoms in total. The summed E-state index contributed by atoms with van der Waals surface area (Å²) in [6.07, 6.45) is 9.65. The highest BCUT2D eigenvalue weighted by molar-refractivity contribution is 7.87. The summed E-state index contributed by atoms with van der Waals surface area (Å²) in [7, 11) is 4.55. The second kappa shape index (κ2) is 11.8. The SMILES string of the molecule is COc1ccc2c(c1)C1CC1(C(=O)N1CCC(C=[N+](C)C)C1)Cn1c-2c(C2CCCCC2)c2ccc(C(=O)NS(=O)(=O)N(C)C)cc21. The molecule has 3 aromatic rings. The van der Waals surface area contributed by atoms with E-state index < -0.39 is 21.5 Å². The summed E-state index contributed by atoms with van der Waals surface area (Å²) < 4.78 is 38.4. The van der Waals surface area contributed by atoms with Crippen LogP contribution in [0.4, 0.5) is 0 Å². The molecule has 11 heteroatoms. The number of aromatic nitrogens is 1. The van der Waals surface area contributed by atoms with E-state index in [4.69, 9.17) is 4.74 Å². The summed E-state index contributed by atoms with van der Waals surface area (Å²) in [5, 5.41) is 1.07. The zero-order chi connectivity index (χ0) is 33.2. The van der Waals surface area contributed by atoms with Crippen LogP contribution >= 0.6 is 0 Å². The van der Waals surface area contributed by atoms with E-state index in [0.717, 1.165) is 70.0 Å². The Morgan fingerprint density at radius 1 is 1.06 bits per heavy atom. The van der Waals surface area contributed by atoms with Crippen LogP contribution in [0.15, 0.2) is 36.4 Å². The van der Waals surface area contributed by atoms with Gasteiger partial charge in [-0.15, -0.1) is 0 Å². The first kappa shape index (κ1) is 31.9. The van der Waals surface area contributed by atoms with Crippen molar-refractivity contribution < 1.29 is 27.3 Å². The molecule has 1 saturated heterocycles. The number of rotatable bonds is 7. The number of methoxy groups -OCH3 is 1. The lowest BCUT2D eigenvalue weighted by Gasteiger charge is -2.25. The molecule has 3 atom stereocenters. The Morgan fingerprint density at radius 2 is 1.83 bits per heavy atom. The number of amides is 2. The van der Waals surface area contributed by atoms with Crippen molar-refractivity contribution in [3.63, 3.8) is 0 Å². The number of hydrogen-bond acceptors (Lipinski definition) is 5. The summed E-state index contributed by atoms with van der Waals surface area (Å²) in [5.74, 6) is 1.05. The van der Waals surface area contributed by atoms with Gasteiger partial charge in [-0.05, 0) is 73.1 Å². The van der Waals surface area contributed by atoms with Crippen molar-refractivity contribution in [1.29, 1.82) is 0 Å². The average molecular weight is 661 g/mol. The Hall–Kier alpha value is -3.70. The number of fused-ring (bicyclic) bond motifs is 7. The third-order valence-corrected chi connectivity index (χ3v) is 12.3. The molecule has 0 radical (unpaired) electrons. The van der Waals surface area contributed by atoms with Gasteiger partial charge in [0.15, 0.2) is 0 Å². The first-order chi connectivity index (χ1) is 22.4. The van der Waals surface area contributed by atoms with E-state index in [2.05, 4.69) is 37.1 Å². The Morgan fingerprint density at radius 3 is 2.53 bits per heavy atom. The van der Waals surface area contributed by atoms with Crippen LogP contribution in [0.5, 0.6) is 5.75 Å². The minimum Gasteiger partial charge on any atom is -0.497 e. The van der Waals surface area contributed by atoms with Gasteiger partial charge in [0, 0.05) is 61.7 Å². The van der Waals surface area contributed by atoms with E-state index in [1.807, 2.05) is 32.3 Å². The fourth-order valence-electron chi connectivity index (χ4n) is 8.52. The predicted molar refractivity (Wildman–Crippen MR) is 182 cm³/mol. The molecule has 4 aliphatic rings. The fraction of sp³-hybridized carbons (Fsp3) is 0.528. The Bertz CT molecular complexity index is 1900. The van der Waals surface area contributed by atoms with Gasteiger partial charge in [0.25, 0.3) is 5.91 Å². The van der Waals surface area contributed by atoms with Crippen LogP contribution < -0.4 is 9.46 Å². The highest BCUT2D eigenvalue weighted by Crippen LogP contribution is 2.66. The smallest absolute Gasteiger partial charge is 0.303 e. The maximum Gasteiger partial charge on any atom is 0.303 e. The van der Waals surface area contributed by atoms with Crippen LogP contribution in [-0.2, 0) is 21.5 Å². The first-order valence-electron chi connectivity index (χ1n) is 16.8.